The molecule has 0 aliphatic rings. The lowest BCUT2D eigenvalue weighted by atomic mass is 10.2. The highest BCUT2D eigenvalue weighted by Crippen LogP contribution is 2.32. The highest BCUT2D eigenvalue weighted by Gasteiger charge is 2.31. The van der Waals surface area contributed by atoms with Gasteiger partial charge in [-0.15, -0.1) is 0 Å². The number of guanidine groups is 1. The number of alkyl halides is 3. The molecule has 88 valence electrons. The Bertz CT molecular complexity index is 413. The molecule has 4 nitrogen and oxygen atoms in total. The third kappa shape index (κ3) is 2.83. The fourth-order valence-corrected chi connectivity index (χ4v) is 0.937. The van der Waals surface area contributed by atoms with Crippen molar-refractivity contribution >= 4 is 11.6 Å². The van der Waals surface area contributed by atoms with Crippen LogP contribution in [-0.2, 0) is 6.18 Å². The molecule has 0 saturated carbocycles. The minimum Gasteiger partial charge on any atom is -0.369 e. The Morgan fingerprint density at radius 2 is 1.94 bits per heavy atom. The molecule has 16 heavy (non-hydrogen) atoms. The monoisotopic (exact) mass is 236 g/mol. The maximum atomic E-state index is 13.1. The molecule has 0 aromatic heterocycles. The van der Waals surface area contributed by atoms with Crippen LogP contribution >= 0.6 is 0 Å². The number of nitrogens with two attached hydrogens (primary N) is 2. The average Bonchev–Trinajstić information content (AvgIpc) is 2.19. The van der Waals surface area contributed by atoms with Crippen LogP contribution in [0.4, 0.5) is 23.2 Å². The fourth-order valence-electron chi connectivity index (χ4n) is 0.937. The van der Waals surface area contributed by atoms with Crippen LogP contribution in [0, 0.1) is 5.82 Å². The zero-order valence-electron chi connectivity index (χ0n) is 7.85. The van der Waals surface area contributed by atoms with E-state index in [-0.39, 0.29) is 0 Å². The number of hydrogen-bond donors (Lipinski definition) is 3. The van der Waals surface area contributed by atoms with Crippen LogP contribution in [-0.4, -0.2) is 5.96 Å². The molecule has 0 saturated heterocycles. The first-order valence-electron chi connectivity index (χ1n) is 4.02. The highest BCUT2D eigenvalue weighted by molar-refractivity contribution is 5.80. The predicted octanol–water partition coefficient (Wildman–Crippen LogP) is 1.25. The summed E-state index contributed by atoms with van der Waals surface area (Å²) >= 11 is 0. The zero-order chi connectivity index (χ0) is 12.3. The minimum atomic E-state index is -4.57. The van der Waals surface area contributed by atoms with Gasteiger partial charge in [-0.3, -0.25) is 5.43 Å². The smallest absolute Gasteiger partial charge is 0.369 e. The second kappa shape index (κ2) is 4.35. The Kier molecular flexibility index (Phi) is 3.33. The summed E-state index contributed by atoms with van der Waals surface area (Å²) in [7, 11) is 0. The van der Waals surface area contributed by atoms with Crippen LogP contribution in [0.3, 0.4) is 0 Å². The Balaban J connectivity index is 3.19. The summed E-state index contributed by atoms with van der Waals surface area (Å²) in [5.41, 5.74) is 5.42. The van der Waals surface area contributed by atoms with E-state index in [1.807, 2.05) is 5.43 Å². The van der Waals surface area contributed by atoms with Crippen LogP contribution in [0.15, 0.2) is 23.2 Å². The van der Waals surface area contributed by atoms with Gasteiger partial charge in [-0.1, -0.05) is 0 Å². The van der Waals surface area contributed by atoms with Gasteiger partial charge in [-0.25, -0.2) is 15.2 Å². The van der Waals surface area contributed by atoms with Gasteiger partial charge in [0, 0.05) is 0 Å². The standard InChI is InChI=1S/C8H8F4N4/c9-5-2-1-4(8(10,11)12)3-6(5)15-7(13)16-14/h1-3H,14H2,(H3,13,15,16). The predicted molar refractivity (Wildman–Crippen MR) is 50.0 cm³/mol. The summed E-state index contributed by atoms with van der Waals surface area (Å²) in [6.45, 7) is 0. The molecular weight excluding hydrogens is 228 g/mol. The van der Waals surface area contributed by atoms with Crippen LogP contribution in [0.25, 0.3) is 0 Å². The van der Waals surface area contributed by atoms with Crippen molar-refractivity contribution in [3.63, 3.8) is 0 Å². The number of nitrogens with one attached hydrogen (secondary N) is 1. The summed E-state index contributed by atoms with van der Waals surface area (Å²) < 4.78 is 49.9. The minimum absolute atomic E-state index is 0.391. The van der Waals surface area contributed by atoms with Crippen molar-refractivity contribution in [3.05, 3.63) is 29.6 Å². The van der Waals surface area contributed by atoms with Crippen molar-refractivity contribution in [2.45, 2.75) is 6.18 Å². The molecule has 0 unspecified atom stereocenters. The second-order valence-corrected chi connectivity index (χ2v) is 2.81. The summed E-state index contributed by atoms with van der Waals surface area (Å²) in [5.74, 6) is 3.53. The van der Waals surface area contributed by atoms with Gasteiger partial charge in [0.1, 0.15) is 11.5 Å². The van der Waals surface area contributed by atoms with Crippen molar-refractivity contribution in [1.29, 1.82) is 0 Å². The Morgan fingerprint density at radius 3 is 2.44 bits per heavy atom. The number of halogens is 4. The lowest BCUT2D eigenvalue weighted by molar-refractivity contribution is -0.137. The van der Waals surface area contributed by atoms with Gasteiger partial charge in [0.05, 0.1) is 5.56 Å². The maximum Gasteiger partial charge on any atom is 0.416 e. The number of hydrogen-bond acceptors (Lipinski definition) is 2. The van der Waals surface area contributed by atoms with E-state index in [1.54, 1.807) is 0 Å². The summed E-state index contributed by atoms with van der Waals surface area (Å²) in [6, 6.07) is 1.81. The van der Waals surface area contributed by atoms with Gasteiger partial charge in [-0.05, 0) is 18.2 Å². The first-order chi connectivity index (χ1) is 7.34. The van der Waals surface area contributed by atoms with Gasteiger partial charge in [-0.2, -0.15) is 13.2 Å². The van der Waals surface area contributed by atoms with E-state index in [0.717, 1.165) is 0 Å². The Hall–Kier alpha value is -1.83. The first-order valence-corrected chi connectivity index (χ1v) is 4.02. The lowest BCUT2D eigenvalue weighted by Gasteiger charge is -2.07. The molecular formula is C8H8F4N4. The third-order valence-corrected chi connectivity index (χ3v) is 1.66. The van der Waals surface area contributed by atoms with E-state index in [9.17, 15) is 17.6 Å². The van der Waals surface area contributed by atoms with Crippen LogP contribution in [0.5, 0.6) is 0 Å². The van der Waals surface area contributed by atoms with Crippen LogP contribution < -0.4 is 17.0 Å². The zero-order valence-corrected chi connectivity index (χ0v) is 7.85. The van der Waals surface area contributed by atoms with E-state index < -0.39 is 29.2 Å². The van der Waals surface area contributed by atoms with E-state index in [2.05, 4.69) is 4.99 Å². The van der Waals surface area contributed by atoms with Gasteiger partial charge < -0.3 is 5.73 Å². The third-order valence-electron chi connectivity index (χ3n) is 1.66. The molecule has 0 heterocycles. The molecule has 1 aromatic carbocycles. The molecule has 5 N–H and O–H groups in total. The van der Waals surface area contributed by atoms with Crippen molar-refractivity contribution in [3.8, 4) is 0 Å². The number of aliphatic imine (C=N–C) groups is 1. The molecule has 8 heteroatoms. The topological polar surface area (TPSA) is 76.4 Å². The lowest BCUT2D eigenvalue weighted by Crippen LogP contribution is -2.36. The largest absolute Gasteiger partial charge is 0.416 e. The Morgan fingerprint density at radius 1 is 1.31 bits per heavy atom. The van der Waals surface area contributed by atoms with Crippen LogP contribution in [0.1, 0.15) is 5.56 Å². The van der Waals surface area contributed by atoms with Crippen molar-refractivity contribution in [2.75, 3.05) is 0 Å². The maximum absolute atomic E-state index is 13.1. The normalized spacial score (nSPS) is 12.7. The van der Waals surface area contributed by atoms with Crippen LogP contribution in [0.2, 0.25) is 0 Å². The van der Waals surface area contributed by atoms with Gasteiger partial charge in [0.25, 0.3) is 0 Å². The van der Waals surface area contributed by atoms with E-state index in [4.69, 9.17) is 11.6 Å². The quantitative estimate of drug-likeness (QED) is 0.226. The summed E-state index contributed by atoms with van der Waals surface area (Å²) in [5, 5.41) is 0. The van der Waals surface area contributed by atoms with Crippen molar-refractivity contribution in [2.24, 2.45) is 16.6 Å². The SMILES string of the molecule is NNC(N)=Nc1cc(C(F)(F)F)ccc1F. The summed E-state index contributed by atoms with van der Waals surface area (Å²) in [4.78, 5) is 3.33. The van der Waals surface area contributed by atoms with Crippen molar-refractivity contribution in [1.82, 2.24) is 5.43 Å². The molecule has 0 radical (unpaired) electrons. The number of benzene rings is 1. The number of hydrazine groups is 1. The fraction of sp³-hybridized carbons (Fsp3) is 0.125. The molecule has 0 amide bonds. The average molecular weight is 236 g/mol. The molecule has 0 fully saturated rings. The Labute approximate surface area is 87.9 Å². The molecule has 0 spiro atoms. The van der Waals surface area contributed by atoms with Gasteiger partial charge >= 0.3 is 6.18 Å². The molecule has 1 rings (SSSR count). The second-order valence-electron chi connectivity index (χ2n) is 2.81. The molecule has 0 aliphatic carbocycles. The van der Waals surface area contributed by atoms with Crippen molar-refractivity contribution < 1.29 is 17.6 Å². The number of nitrogens with zero attached hydrogens (tertiary/aromatic N) is 1. The first kappa shape index (κ1) is 12.2. The number of rotatable bonds is 1. The van der Waals surface area contributed by atoms with Gasteiger partial charge in [0.15, 0.2) is 0 Å². The molecule has 1 aromatic rings. The van der Waals surface area contributed by atoms with Gasteiger partial charge in [0.2, 0.25) is 5.96 Å². The van der Waals surface area contributed by atoms with E-state index in [0.29, 0.717) is 18.2 Å². The molecule has 0 atom stereocenters. The van der Waals surface area contributed by atoms with E-state index in [1.165, 1.54) is 0 Å². The molecule has 0 bridgehead atoms. The molecule has 0 aliphatic heterocycles. The van der Waals surface area contributed by atoms with E-state index >= 15 is 0 Å². The highest BCUT2D eigenvalue weighted by atomic mass is 19.4. The summed E-state index contributed by atoms with van der Waals surface area (Å²) in [6.07, 6.45) is -4.57.